The molecule has 0 heterocycles. The van der Waals surface area contributed by atoms with Crippen molar-refractivity contribution < 1.29 is 9.53 Å². The maximum absolute atomic E-state index is 11.9. The Morgan fingerprint density at radius 3 is 2.27 bits per heavy atom. The minimum absolute atomic E-state index is 0.182. The van der Waals surface area contributed by atoms with E-state index in [0.29, 0.717) is 6.54 Å². The van der Waals surface area contributed by atoms with E-state index >= 15 is 0 Å². The molecular weight excluding hydrogens is 276 g/mol. The quantitative estimate of drug-likeness (QED) is 0.884. The Morgan fingerprint density at radius 2 is 1.68 bits per heavy atom. The fourth-order valence-corrected chi connectivity index (χ4v) is 2.33. The number of carbonyl (C=O) groups is 1. The van der Waals surface area contributed by atoms with Crippen LogP contribution in [0.2, 0.25) is 0 Å². The van der Waals surface area contributed by atoms with Crippen LogP contribution in [-0.4, -0.2) is 19.7 Å². The molecule has 2 rings (SSSR count). The molecule has 4 heteroatoms. The molecule has 0 aromatic heterocycles. The third kappa shape index (κ3) is 4.81. The highest BCUT2D eigenvalue weighted by atomic mass is 16.5. The molecule has 0 bridgehead atoms. The summed E-state index contributed by atoms with van der Waals surface area (Å²) in [5, 5.41) is 5.72. The van der Waals surface area contributed by atoms with Crippen molar-refractivity contribution in [2.75, 3.05) is 19.0 Å². The smallest absolute Gasteiger partial charge is 0.319 e. The number of rotatable bonds is 5. The summed E-state index contributed by atoms with van der Waals surface area (Å²) in [5.41, 5.74) is 4.24. The molecule has 0 atom stereocenters. The van der Waals surface area contributed by atoms with Crippen LogP contribution < -0.4 is 15.4 Å². The highest BCUT2D eigenvalue weighted by Crippen LogP contribution is 2.13. The topological polar surface area (TPSA) is 50.4 Å². The monoisotopic (exact) mass is 298 g/mol. The second-order valence-electron chi connectivity index (χ2n) is 5.36. The van der Waals surface area contributed by atoms with Crippen LogP contribution >= 0.6 is 0 Å². The van der Waals surface area contributed by atoms with Crippen LogP contribution in [0.1, 0.15) is 16.7 Å². The second kappa shape index (κ2) is 7.50. The number of anilines is 1. The van der Waals surface area contributed by atoms with E-state index in [1.54, 1.807) is 7.11 Å². The summed E-state index contributed by atoms with van der Waals surface area (Å²) in [5.74, 6) is 0.837. The predicted molar refractivity (Wildman–Crippen MR) is 89.6 cm³/mol. The number of aryl methyl sites for hydroxylation is 2. The summed E-state index contributed by atoms with van der Waals surface area (Å²) in [6.45, 7) is 4.61. The zero-order valence-electron chi connectivity index (χ0n) is 13.3. The molecule has 2 N–H and O–H groups in total. The van der Waals surface area contributed by atoms with Gasteiger partial charge in [-0.1, -0.05) is 18.2 Å². The molecule has 0 saturated heterocycles. The Kier molecular flexibility index (Phi) is 5.42. The van der Waals surface area contributed by atoms with Gasteiger partial charge >= 0.3 is 6.03 Å². The predicted octanol–water partition coefficient (Wildman–Crippen LogP) is 3.68. The van der Waals surface area contributed by atoms with Crippen molar-refractivity contribution in [2.24, 2.45) is 0 Å². The van der Waals surface area contributed by atoms with Crippen molar-refractivity contribution in [3.63, 3.8) is 0 Å². The lowest BCUT2D eigenvalue weighted by Gasteiger charge is -2.09. The van der Waals surface area contributed by atoms with Gasteiger partial charge in [-0.3, -0.25) is 0 Å². The molecule has 0 saturated carbocycles. The van der Waals surface area contributed by atoms with Crippen molar-refractivity contribution in [3.8, 4) is 5.75 Å². The average Bonchev–Trinajstić information content (AvgIpc) is 2.47. The zero-order valence-corrected chi connectivity index (χ0v) is 13.3. The first-order chi connectivity index (χ1) is 10.6. The molecule has 2 aromatic rings. The maximum Gasteiger partial charge on any atom is 0.319 e. The molecule has 0 fully saturated rings. The lowest BCUT2D eigenvalue weighted by molar-refractivity contribution is 0.252. The molecule has 0 unspecified atom stereocenters. The van der Waals surface area contributed by atoms with Gasteiger partial charge in [0, 0.05) is 12.2 Å². The summed E-state index contributed by atoms with van der Waals surface area (Å²) < 4.78 is 5.12. The number of methoxy groups -OCH3 is 1. The van der Waals surface area contributed by atoms with Gasteiger partial charge in [0.1, 0.15) is 5.75 Å². The van der Waals surface area contributed by atoms with E-state index in [1.165, 1.54) is 0 Å². The van der Waals surface area contributed by atoms with Gasteiger partial charge in [-0.2, -0.15) is 0 Å². The fraction of sp³-hybridized carbons (Fsp3) is 0.278. The van der Waals surface area contributed by atoms with E-state index in [1.807, 2.05) is 50.2 Å². The van der Waals surface area contributed by atoms with Gasteiger partial charge in [0.15, 0.2) is 0 Å². The second-order valence-corrected chi connectivity index (χ2v) is 5.36. The van der Waals surface area contributed by atoms with Crippen LogP contribution in [0.15, 0.2) is 42.5 Å². The number of carbonyl (C=O) groups excluding carboxylic acids is 1. The van der Waals surface area contributed by atoms with E-state index in [0.717, 1.165) is 34.5 Å². The highest BCUT2D eigenvalue weighted by Gasteiger charge is 2.02. The van der Waals surface area contributed by atoms with Crippen LogP contribution in [0.25, 0.3) is 0 Å². The summed E-state index contributed by atoms with van der Waals surface area (Å²) in [4.78, 5) is 11.9. The van der Waals surface area contributed by atoms with Gasteiger partial charge < -0.3 is 15.4 Å². The third-order valence-electron chi connectivity index (χ3n) is 3.34. The van der Waals surface area contributed by atoms with E-state index in [9.17, 15) is 4.79 Å². The van der Waals surface area contributed by atoms with Crippen LogP contribution in [0.5, 0.6) is 5.75 Å². The number of hydrogen-bond acceptors (Lipinski definition) is 2. The number of nitrogens with one attached hydrogen (secondary N) is 2. The molecule has 22 heavy (non-hydrogen) atoms. The third-order valence-corrected chi connectivity index (χ3v) is 3.34. The molecular formula is C18H22N2O2. The first kappa shape index (κ1) is 15.9. The van der Waals surface area contributed by atoms with Crippen molar-refractivity contribution in [1.29, 1.82) is 0 Å². The van der Waals surface area contributed by atoms with E-state index < -0.39 is 0 Å². The number of ether oxygens (including phenoxy) is 1. The molecule has 0 radical (unpaired) electrons. The summed E-state index contributed by atoms with van der Waals surface area (Å²) in [7, 11) is 1.65. The Hall–Kier alpha value is -2.49. The standard InChI is InChI=1S/C18H22N2O2/c1-13-10-14(2)12-16(11-13)20-18(21)19-9-8-15-4-6-17(22-3)7-5-15/h4-7,10-12H,8-9H2,1-3H3,(H2,19,20,21). The van der Waals surface area contributed by atoms with Crippen LogP contribution in [0, 0.1) is 13.8 Å². The lowest BCUT2D eigenvalue weighted by atomic mass is 10.1. The Bertz CT molecular complexity index is 616. The summed E-state index contributed by atoms with van der Waals surface area (Å²) in [6, 6.07) is 13.7. The lowest BCUT2D eigenvalue weighted by Crippen LogP contribution is -2.30. The van der Waals surface area contributed by atoms with Crippen LogP contribution in [-0.2, 0) is 6.42 Å². The first-order valence-corrected chi connectivity index (χ1v) is 7.33. The van der Waals surface area contributed by atoms with Gasteiger partial charge in [-0.15, -0.1) is 0 Å². The summed E-state index contributed by atoms with van der Waals surface area (Å²) in [6.07, 6.45) is 0.782. The minimum atomic E-state index is -0.182. The molecule has 0 spiro atoms. The average molecular weight is 298 g/mol. The fourth-order valence-electron chi connectivity index (χ4n) is 2.33. The SMILES string of the molecule is COc1ccc(CCNC(=O)Nc2cc(C)cc(C)c2)cc1. The van der Waals surface area contributed by atoms with Gasteiger partial charge in [-0.05, 0) is 61.2 Å². The molecule has 116 valence electrons. The largest absolute Gasteiger partial charge is 0.497 e. The first-order valence-electron chi connectivity index (χ1n) is 7.33. The Labute approximate surface area is 131 Å². The number of amides is 2. The van der Waals surface area contributed by atoms with E-state index in [2.05, 4.69) is 16.7 Å². The molecule has 0 aliphatic rings. The molecule has 4 nitrogen and oxygen atoms in total. The maximum atomic E-state index is 11.9. The molecule has 2 amide bonds. The number of urea groups is 1. The van der Waals surface area contributed by atoms with Crippen molar-refractivity contribution in [2.45, 2.75) is 20.3 Å². The zero-order chi connectivity index (χ0) is 15.9. The molecule has 0 aliphatic heterocycles. The van der Waals surface area contributed by atoms with Gasteiger partial charge in [-0.25, -0.2) is 4.79 Å². The van der Waals surface area contributed by atoms with E-state index in [-0.39, 0.29) is 6.03 Å². The Morgan fingerprint density at radius 1 is 1.05 bits per heavy atom. The molecule has 0 aliphatic carbocycles. The van der Waals surface area contributed by atoms with Gasteiger partial charge in [0.2, 0.25) is 0 Å². The van der Waals surface area contributed by atoms with E-state index in [4.69, 9.17) is 4.74 Å². The van der Waals surface area contributed by atoms with Gasteiger partial charge in [0.25, 0.3) is 0 Å². The molecule has 2 aromatic carbocycles. The number of hydrogen-bond donors (Lipinski definition) is 2. The van der Waals surface area contributed by atoms with Crippen molar-refractivity contribution in [1.82, 2.24) is 5.32 Å². The normalized spacial score (nSPS) is 10.1. The van der Waals surface area contributed by atoms with Crippen LogP contribution in [0.4, 0.5) is 10.5 Å². The van der Waals surface area contributed by atoms with Gasteiger partial charge in [0.05, 0.1) is 7.11 Å². The summed E-state index contributed by atoms with van der Waals surface area (Å²) >= 11 is 0. The number of benzene rings is 2. The van der Waals surface area contributed by atoms with Crippen molar-refractivity contribution >= 4 is 11.7 Å². The van der Waals surface area contributed by atoms with Crippen LogP contribution in [0.3, 0.4) is 0 Å². The highest BCUT2D eigenvalue weighted by molar-refractivity contribution is 5.89. The Balaban J connectivity index is 1.79. The minimum Gasteiger partial charge on any atom is -0.497 e. The van der Waals surface area contributed by atoms with Crippen molar-refractivity contribution in [3.05, 3.63) is 59.2 Å².